The van der Waals surface area contributed by atoms with Crippen LogP contribution in [0.1, 0.15) is 4.88 Å². The van der Waals surface area contributed by atoms with E-state index in [1.807, 2.05) is 6.92 Å². The van der Waals surface area contributed by atoms with Crippen LogP contribution in [0, 0.1) is 24.4 Å². The molecular weight excluding hydrogens is 301 g/mol. The molecule has 0 aliphatic heterocycles. The van der Waals surface area contributed by atoms with Gasteiger partial charge in [-0.3, -0.25) is 0 Å². The van der Waals surface area contributed by atoms with E-state index in [9.17, 15) is 13.2 Å². The highest BCUT2D eigenvalue weighted by molar-refractivity contribution is 7.18. The van der Waals surface area contributed by atoms with Crippen molar-refractivity contribution in [3.05, 3.63) is 40.5 Å². The van der Waals surface area contributed by atoms with Crippen molar-refractivity contribution in [3.63, 3.8) is 0 Å². The molecule has 0 radical (unpaired) electrons. The van der Waals surface area contributed by atoms with Crippen LogP contribution in [0.3, 0.4) is 0 Å². The molecule has 0 unspecified atom stereocenters. The van der Waals surface area contributed by atoms with Gasteiger partial charge in [-0.25, -0.2) is 18.2 Å². The summed E-state index contributed by atoms with van der Waals surface area (Å²) in [6.45, 7) is 1.88. The predicted octanol–water partition coefficient (Wildman–Crippen LogP) is 3.74. The molecule has 1 aromatic carbocycles. The number of rotatable bonds is 2. The van der Waals surface area contributed by atoms with E-state index < -0.39 is 17.5 Å². The molecule has 0 saturated carbocycles. The number of halogens is 3. The third-order valence-electron chi connectivity index (χ3n) is 2.80. The van der Waals surface area contributed by atoms with Gasteiger partial charge in [0.25, 0.3) is 0 Å². The van der Waals surface area contributed by atoms with Gasteiger partial charge in [-0.05, 0) is 13.0 Å². The number of anilines is 3. The van der Waals surface area contributed by atoms with Crippen LogP contribution in [-0.4, -0.2) is 9.97 Å². The highest BCUT2D eigenvalue weighted by Crippen LogP contribution is 2.31. The molecule has 8 heteroatoms. The largest absolute Gasteiger partial charge is 0.368 e. The first kappa shape index (κ1) is 13.6. The Morgan fingerprint density at radius 1 is 1.05 bits per heavy atom. The molecule has 3 rings (SSSR count). The molecule has 0 spiro atoms. The second kappa shape index (κ2) is 4.88. The maximum absolute atomic E-state index is 13.7. The fraction of sp³-hybridized carbons (Fsp3) is 0.0769. The Bertz CT molecular complexity index is 847. The van der Waals surface area contributed by atoms with Crippen molar-refractivity contribution < 1.29 is 13.2 Å². The average Bonchev–Trinajstić information content (AvgIpc) is 2.76. The number of hydrogen-bond acceptors (Lipinski definition) is 5. The van der Waals surface area contributed by atoms with E-state index in [4.69, 9.17) is 5.73 Å². The summed E-state index contributed by atoms with van der Waals surface area (Å²) >= 11 is 1.40. The Morgan fingerprint density at radius 2 is 1.76 bits per heavy atom. The van der Waals surface area contributed by atoms with E-state index in [-0.39, 0.29) is 17.5 Å². The van der Waals surface area contributed by atoms with Gasteiger partial charge in [0.1, 0.15) is 16.5 Å². The van der Waals surface area contributed by atoms with Crippen molar-refractivity contribution in [3.8, 4) is 0 Å². The van der Waals surface area contributed by atoms with Crippen LogP contribution in [0.25, 0.3) is 10.2 Å². The van der Waals surface area contributed by atoms with Crippen LogP contribution in [0.4, 0.5) is 30.6 Å². The summed E-state index contributed by atoms with van der Waals surface area (Å²) in [6, 6.07) is 3.01. The van der Waals surface area contributed by atoms with Gasteiger partial charge in [-0.2, -0.15) is 4.98 Å². The van der Waals surface area contributed by atoms with Gasteiger partial charge < -0.3 is 11.1 Å². The summed E-state index contributed by atoms with van der Waals surface area (Å²) in [5.41, 5.74) is 5.37. The number of aromatic nitrogens is 2. The Kier molecular flexibility index (Phi) is 3.17. The zero-order chi connectivity index (χ0) is 15.1. The van der Waals surface area contributed by atoms with E-state index in [2.05, 4.69) is 15.3 Å². The first-order valence-corrected chi connectivity index (χ1v) is 6.71. The second-order valence-corrected chi connectivity index (χ2v) is 5.61. The molecule has 0 saturated heterocycles. The normalized spacial score (nSPS) is 11.0. The average molecular weight is 310 g/mol. The van der Waals surface area contributed by atoms with E-state index in [1.165, 1.54) is 11.3 Å². The fourth-order valence-corrected chi connectivity index (χ4v) is 2.79. The number of fused-ring (bicyclic) bond motifs is 1. The monoisotopic (exact) mass is 310 g/mol. The smallest absolute Gasteiger partial charge is 0.223 e. The number of nitrogens with two attached hydrogens (primary N) is 1. The lowest BCUT2D eigenvalue weighted by Gasteiger charge is -2.09. The Morgan fingerprint density at radius 3 is 2.52 bits per heavy atom. The highest BCUT2D eigenvalue weighted by Gasteiger charge is 2.14. The molecule has 4 nitrogen and oxygen atoms in total. The molecule has 2 heterocycles. The zero-order valence-electron chi connectivity index (χ0n) is 10.7. The molecule has 0 aliphatic rings. The first-order valence-electron chi connectivity index (χ1n) is 5.89. The van der Waals surface area contributed by atoms with Crippen molar-refractivity contribution in [1.29, 1.82) is 0 Å². The minimum Gasteiger partial charge on any atom is -0.368 e. The number of thiophene rings is 1. The van der Waals surface area contributed by atoms with Gasteiger partial charge >= 0.3 is 0 Å². The lowest BCUT2D eigenvalue weighted by Crippen LogP contribution is -2.02. The topological polar surface area (TPSA) is 63.8 Å². The van der Waals surface area contributed by atoms with Gasteiger partial charge in [-0.15, -0.1) is 11.3 Å². The third-order valence-corrected chi connectivity index (χ3v) is 3.74. The Labute approximate surface area is 121 Å². The molecule has 0 aliphatic carbocycles. The number of aryl methyl sites for hydroxylation is 1. The predicted molar refractivity (Wildman–Crippen MR) is 76.2 cm³/mol. The van der Waals surface area contributed by atoms with Gasteiger partial charge in [0, 0.05) is 17.0 Å². The van der Waals surface area contributed by atoms with Crippen molar-refractivity contribution in [2.45, 2.75) is 6.92 Å². The van der Waals surface area contributed by atoms with Crippen LogP contribution in [-0.2, 0) is 0 Å². The molecule has 3 N–H and O–H groups in total. The number of nitrogens with one attached hydrogen (secondary N) is 1. The Hall–Kier alpha value is -2.35. The summed E-state index contributed by atoms with van der Waals surface area (Å²) in [4.78, 5) is 9.65. The van der Waals surface area contributed by atoms with Crippen LogP contribution in [0.5, 0.6) is 0 Å². The number of nitrogens with zero attached hydrogens (tertiary/aromatic N) is 2. The lowest BCUT2D eigenvalue weighted by atomic mass is 10.2. The molecule has 3 aromatic rings. The maximum atomic E-state index is 13.7. The summed E-state index contributed by atoms with van der Waals surface area (Å²) < 4.78 is 39.8. The molecule has 0 fully saturated rings. The minimum atomic E-state index is -1.25. The van der Waals surface area contributed by atoms with Gasteiger partial charge in [0.05, 0.1) is 11.1 Å². The van der Waals surface area contributed by atoms with E-state index in [1.54, 1.807) is 6.07 Å². The van der Waals surface area contributed by atoms with Crippen molar-refractivity contribution in [2.24, 2.45) is 0 Å². The maximum Gasteiger partial charge on any atom is 0.223 e. The number of benzene rings is 1. The molecule has 0 bridgehead atoms. The van der Waals surface area contributed by atoms with Gasteiger partial charge in [-0.1, -0.05) is 0 Å². The van der Waals surface area contributed by atoms with Crippen molar-refractivity contribution >= 4 is 39.0 Å². The second-order valence-electron chi connectivity index (χ2n) is 4.38. The highest BCUT2D eigenvalue weighted by atomic mass is 32.1. The van der Waals surface area contributed by atoms with Crippen molar-refractivity contribution in [1.82, 2.24) is 9.97 Å². The first-order chi connectivity index (χ1) is 9.94. The van der Waals surface area contributed by atoms with E-state index in [0.29, 0.717) is 16.3 Å². The Balaban J connectivity index is 2.11. The summed E-state index contributed by atoms with van der Waals surface area (Å²) in [6.07, 6.45) is 0. The van der Waals surface area contributed by atoms with E-state index in [0.717, 1.165) is 10.9 Å². The standard InChI is InChI=1S/C13H9F3N4S/c1-5-2-6-11(19-13(17)20-12(6)21-5)18-10-4-8(15)7(14)3-9(10)16/h2-4H,1H3,(H3,17,18,19,20). The minimum absolute atomic E-state index is 0.00911. The van der Waals surface area contributed by atoms with E-state index >= 15 is 0 Å². The van der Waals surface area contributed by atoms with Crippen LogP contribution in [0.2, 0.25) is 0 Å². The van der Waals surface area contributed by atoms with Crippen LogP contribution >= 0.6 is 11.3 Å². The number of hydrogen-bond donors (Lipinski definition) is 2. The summed E-state index contributed by atoms with van der Waals surface area (Å²) in [5.74, 6) is -3.08. The molecule has 21 heavy (non-hydrogen) atoms. The third kappa shape index (κ3) is 2.49. The summed E-state index contributed by atoms with van der Waals surface area (Å²) in [5, 5.41) is 3.27. The lowest BCUT2D eigenvalue weighted by molar-refractivity contribution is 0.496. The summed E-state index contributed by atoms with van der Waals surface area (Å²) in [7, 11) is 0. The van der Waals surface area contributed by atoms with Crippen LogP contribution < -0.4 is 11.1 Å². The quantitative estimate of drug-likeness (QED) is 0.708. The van der Waals surface area contributed by atoms with Crippen LogP contribution in [0.15, 0.2) is 18.2 Å². The van der Waals surface area contributed by atoms with Crippen molar-refractivity contribution in [2.75, 3.05) is 11.1 Å². The molecule has 0 amide bonds. The molecule has 0 atom stereocenters. The van der Waals surface area contributed by atoms with Gasteiger partial charge in [0.15, 0.2) is 11.6 Å². The van der Waals surface area contributed by atoms with Gasteiger partial charge in [0.2, 0.25) is 5.95 Å². The fourth-order valence-electron chi connectivity index (χ4n) is 1.90. The number of nitrogen functional groups attached to an aromatic ring is 1. The zero-order valence-corrected chi connectivity index (χ0v) is 11.6. The molecule has 108 valence electrons. The SMILES string of the molecule is Cc1cc2c(Nc3cc(F)c(F)cc3F)nc(N)nc2s1. The molecule has 2 aromatic heterocycles. The molecular formula is C13H9F3N4S.